The van der Waals surface area contributed by atoms with Gasteiger partial charge < -0.3 is 24.1 Å². The van der Waals surface area contributed by atoms with Gasteiger partial charge in [-0.2, -0.15) is 0 Å². The number of aliphatic imine (C=N–C) groups is 1. The van der Waals surface area contributed by atoms with Gasteiger partial charge in [0.25, 0.3) is 0 Å². The number of carboxylic acids is 1. The number of thiocarbonyl (C=S) groups is 1. The molecule has 1 aliphatic rings. The Hall–Kier alpha value is -2.67. The molecule has 1 aliphatic heterocycles. The Balaban J connectivity index is 1.54. The Morgan fingerprint density at radius 3 is 2.17 bits per heavy atom. The van der Waals surface area contributed by atoms with Gasteiger partial charge in [0, 0.05) is 45.5 Å². The molecule has 0 saturated carbocycles. The minimum atomic E-state index is -1.04. The molecule has 1 unspecified atom stereocenters. The molecule has 41 heavy (non-hydrogen) atoms. The van der Waals surface area contributed by atoms with Gasteiger partial charge in [0.1, 0.15) is 5.69 Å². The van der Waals surface area contributed by atoms with Crippen LogP contribution in [0.4, 0.5) is 0 Å². The first-order valence-corrected chi connectivity index (χ1v) is 14.5. The zero-order chi connectivity index (χ0) is 29.0. The summed E-state index contributed by atoms with van der Waals surface area (Å²) in [5.74, 6) is -1.04. The molecule has 2 aromatic rings. The highest BCUT2D eigenvalue weighted by atomic mass is 32.1. The van der Waals surface area contributed by atoms with Crippen molar-refractivity contribution in [1.82, 2.24) is 19.8 Å². The number of aromatic carboxylic acids is 1. The first kappa shape index (κ1) is 32.8. The number of carbonyl (C=O) groups is 1. The number of hydrogen-bond donors (Lipinski definition) is 1. The Kier molecular flexibility index (Phi) is 16.2. The van der Waals surface area contributed by atoms with Gasteiger partial charge in [-0.3, -0.25) is 14.8 Å². The second kappa shape index (κ2) is 20.2. The van der Waals surface area contributed by atoms with E-state index in [9.17, 15) is 9.90 Å². The van der Waals surface area contributed by atoms with Crippen LogP contribution in [0.15, 0.2) is 47.6 Å². The van der Waals surface area contributed by atoms with Gasteiger partial charge in [0.05, 0.1) is 75.4 Å². The fraction of sp³-hybridized carbons (Fsp3) is 0.586. The third kappa shape index (κ3) is 13.2. The summed E-state index contributed by atoms with van der Waals surface area (Å²) in [6, 6.07) is 11.1. The fourth-order valence-corrected chi connectivity index (χ4v) is 4.60. The van der Waals surface area contributed by atoms with Crippen LogP contribution >= 0.6 is 12.2 Å². The van der Waals surface area contributed by atoms with Crippen LogP contribution < -0.4 is 0 Å². The quantitative estimate of drug-likeness (QED) is 0.265. The van der Waals surface area contributed by atoms with Crippen molar-refractivity contribution in [2.45, 2.75) is 25.4 Å². The molecule has 224 valence electrons. The molecule has 0 amide bonds. The molecule has 3 rings (SSSR count). The van der Waals surface area contributed by atoms with Gasteiger partial charge in [0.15, 0.2) is 0 Å². The second-order valence-electron chi connectivity index (χ2n) is 9.47. The molecule has 1 atom stereocenters. The Morgan fingerprint density at radius 2 is 1.59 bits per heavy atom. The Morgan fingerprint density at radius 1 is 0.927 bits per heavy atom. The lowest BCUT2D eigenvalue weighted by Gasteiger charge is -2.31. The number of pyridine rings is 2. The number of hydrogen-bond acceptors (Lipinski definition) is 11. The summed E-state index contributed by atoms with van der Waals surface area (Å²) in [5.41, 5.74) is 1.75. The van der Waals surface area contributed by atoms with Crippen LogP contribution in [0.1, 0.15) is 40.8 Å². The van der Waals surface area contributed by atoms with Gasteiger partial charge >= 0.3 is 5.97 Å². The van der Waals surface area contributed by atoms with Gasteiger partial charge in [0.2, 0.25) is 0 Å². The van der Waals surface area contributed by atoms with Crippen molar-refractivity contribution in [2.24, 2.45) is 4.99 Å². The Labute approximate surface area is 247 Å². The van der Waals surface area contributed by atoms with Crippen molar-refractivity contribution in [2.75, 3.05) is 85.6 Å². The van der Waals surface area contributed by atoms with Crippen molar-refractivity contribution in [1.29, 1.82) is 0 Å². The molecule has 1 saturated heterocycles. The molecule has 0 radical (unpaired) electrons. The van der Waals surface area contributed by atoms with E-state index in [4.69, 9.17) is 31.2 Å². The predicted octanol–water partition coefficient (Wildman–Crippen LogP) is 2.98. The average molecular weight is 588 g/mol. The van der Waals surface area contributed by atoms with Crippen LogP contribution in [0.5, 0.6) is 0 Å². The maximum absolute atomic E-state index is 11.3. The molecule has 0 bridgehead atoms. The zero-order valence-corrected chi connectivity index (χ0v) is 24.4. The maximum Gasteiger partial charge on any atom is 0.354 e. The Bertz CT molecular complexity index is 1040. The van der Waals surface area contributed by atoms with E-state index in [0.717, 1.165) is 31.6 Å². The van der Waals surface area contributed by atoms with E-state index in [1.807, 2.05) is 24.4 Å². The normalized spacial score (nSPS) is 18.4. The van der Waals surface area contributed by atoms with E-state index in [1.165, 1.54) is 6.07 Å². The van der Waals surface area contributed by atoms with E-state index in [-0.39, 0.29) is 11.7 Å². The number of isothiocyanates is 1. The summed E-state index contributed by atoms with van der Waals surface area (Å²) in [6.45, 7) is 8.04. The summed E-state index contributed by atoms with van der Waals surface area (Å²) >= 11 is 4.72. The van der Waals surface area contributed by atoms with Crippen LogP contribution in [-0.4, -0.2) is 122 Å². The molecule has 2 aromatic heterocycles. The minimum Gasteiger partial charge on any atom is -0.477 e. The van der Waals surface area contributed by atoms with E-state index in [0.29, 0.717) is 84.7 Å². The molecule has 3 heterocycles. The van der Waals surface area contributed by atoms with Crippen LogP contribution in [0.3, 0.4) is 0 Å². The lowest BCUT2D eigenvalue weighted by Crippen LogP contribution is -2.36. The highest BCUT2D eigenvalue weighted by Gasteiger charge is 2.21. The largest absolute Gasteiger partial charge is 0.477 e. The summed E-state index contributed by atoms with van der Waals surface area (Å²) in [4.78, 5) is 28.7. The summed E-state index contributed by atoms with van der Waals surface area (Å²) in [7, 11) is 0. The molecule has 1 fully saturated rings. The summed E-state index contributed by atoms with van der Waals surface area (Å²) in [5, 5.41) is 11.7. The molecule has 12 heteroatoms. The first-order chi connectivity index (χ1) is 20.2. The molecule has 11 nitrogen and oxygen atoms in total. The second-order valence-corrected chi connectivity index (χ2v) is 9.65. The number of aromatic nitrogens is 2. The van der Waals surface area contributed by atoms with Gasteiger partial charge in [-0.05, 0) is 49.3 Å². The van der Waals surface area contributed by atoms with E-state index in [1.54, 1.807) is 6.07 Å². The highest BCUT2D eigenvalue weighted by Crippen LogP contribution is 2.24. The number of nitrogens with zero attached hydrogens (tertiary/aromatic N) is 5. The summed E-state index contributed by atoms with van der Waals surface area (Å²) in [6.07, 6.45) is 3.59. The topological polar surface area (TPSA) is 119 Å². The highest BCUT2D eigenvalue weighted by molar-refractivity contribution is 7.78. The smallest absolute Gasteiger partial charge is 0.354 e. The number of ether oxygens (including phenoxy) is 4. The third-order valence-electron chi connectivity index (χ3n) is 6.59. The first-order valence-electron chi connectivity index (χ1n) is 14.1. The molecular weight excluding hydrogens is 546 g/mol. The molecule has 1 N–H and O–H groups in total. The van der Waals surface area contributed by atoms with Crippen LogP contribution in [0.2, 0.25) is 0 Å². The summed E-state index contributed by atoms with van der Waals surface area (Å²) < 4.78 is 23.5. The maximum atomic E-state index is 11.3. The molecule has 0 spiro atoms. The third-order valence-corrected chi connectivity index (χ3v) is 6.72. The van der Waals surface area contributed by atoms with Crippen LogP contribution in [-0.2, 0) is 25.5 Å². The predicted molar refractivity (Wildman–Crippen MR) is 157 cm³/mol. The molecular formula is C29H41N5O6S. The van der Waals surface area contributed by atoms with E-state index >= 15 is 0 Å². The van der Waals surface area contributed by atoms with Crippen LogP contribution in [0.25, 0.3) is 0 Å². The lowest BCUT2D eigenvalue weighted by atomic mass is 10.0. The van der Waals surface area contributed by atoms with Crippen molar-refractivity contribution in [3.63, 3.8) is 0 Å². The van der Waals surface area contributed by atoms with Gasteiger partial charge in [-0.15, -0.1) is 0 Å². The number of carboxylic acid groups (broad SMARTS) is 1. The van der Waals surface area contributed by atoms with Crippen LogP contribution in [0, 0.1) is 0 Å². The zero-order valence-electron chi connectivity index (χ0n) is 23.6. The number of rotatable bonds is 9. The van der Waals surface area contributed by atoms with Crippen molar-refractivity contribution in [3.05, 3.63) is 59.7 Å². The standard InChI is InChI=1S/C29H41N5O6S/c35-29(36)27-7-3-5-25(32-27)23-33-11-15-37-19-21-39-17-13-34(14-18-40-22-20-38-16-12-33)28(8-4-9-30-24-41)26-6-1-2-10-31-26/h1-3,5-7,10,28H,4,8-9,11-23H2,(H,35,36). The molecule has 0 aliphatic carbocycles. The molecule has 0 aromatic carbocycles. The monoisotopic (exact) mass is 587 g/mol. The van der Waals surface area contributed by atoms with Crippen molar-refractivity contribution < 1.29 is 28.8 Å². The SMILES string of the molecule is O=C(O)c1cccc(CN2CCOCCOCCN(C(CCCN=C=S)c3ccccn3)CCOCCOCC2)n1. The average Bonchev–Trinajstić information content (AvgIpc) is 2.99. The van der Waals surface area contributed by atoms with Gasteiger partial charge in [-0.25, -0.2) is 14.8 Å². The van der Waals surface area contributed by atoms with E-state index in [2.05, 4.69) is 36.0 Å². The van der Waals surface area contributed by atoms with Crippen molar-refractivity contribution in [3.8, 4) is 0 Å². The van der Waals surface area contributed by atoms with E-state index < -0.39 is 5.97 Å². The fourth-order valence-electron chi connectivity index (χ4n) is 4.50. The lowest BCUT2D eigenvalue weighted by molar-refractivity contribution is 0.000361. The van der Waals surface area contributed by atoms with Gasteiger partial charge in [-0.1, -0.05) is 12.1 Å². The minimum absolute atomic E-state index is 0.0378. The van der Waals surface area contributed by atoms with Crippen molar-refractivity contribution >= 4 is 23.3 Å².